The standard InChI is InChI=1S/C24H22ClN3O3S.K.H2O.H/c1-2-3-12-31-21(29)13-17-15-8-5-7-11-19(15)26-22(17)23(30)28-24-27-20(14-32-24)16-9-4-6-10-18(16)25;;;/h4-11,14,26H,2-3,12-13H2,1H3,(H,27,28,30);;1H2;. The topological polar surface area (TPSA) is 116 Å². The number of amides is 1. The van der Waals surface area contributed by atoms with Crippen LogP contribution in [0.5, 0.6) is 0 Å². The summed E-state index contributed by atoms with van der Waals surface area (Å²) < 4.78 is 5.31. The predicted molar refractivity (Wildman–Crippen MR) is 139 cm³/mol. The number of benzene rings is 2. The van der Waals surface area contributed by atoms with Gasteiger partial charge in [0.15, 0.2) is 5.13 Å². The van der Waals surface area contributed by atoms with Gasteiger partial charge in [0.2, 0.25) is 0 Å². The van der Waals surface area contributed by atoms with Crippen molar-refractivity contribution in [3.63, 3.8) is 0 Å². The maximum absolute atomic E-state index is 13.1. The van der Waals surface area contributed by atoms with Crippen molar-refractivity contribution < 1.29 is 19.8 Å². The molecule has 2 heterocycles. The van der Waals surface area contributed by atoms with Gasteiger partial charge in [-0.2, -0.15) is 0 Å². The monoisotopic (exact) mass is 525 g/mol. The molecular formula is C24H25ClKN3O4S. The van der Waals surface area contributed by atoms with Crippen molar-refractivity contribution >= 4 is 102 Å². The number of unbranched alkanes of at least 4 members (excludes halogenated alkanes) is 1. The summed E-state index contributed by atoms with van der Waals surface area (Å²) in [6, 6.07) is 14.9. The summed E-state index contributed by atoms with van der Waals surface area (Å²) in [5, 5.41) is 6.54. The van der Waals surface area contributed by atoms with Gasteiger partial charge in [0.25, 0.3) is 5.91 Å². The second-order valence-corrected chi connectivity index (χ2v) is 8.51. The molecule has 174 valence electrons. The number of aromatic amines is 1. The molecular weight excluding hydrogens is 501 g/mol. The Morgan fingerprint density at radius 3 is 2.65 bits per heavy atom. The van der Waals surface area contributed by atoms with Crippen LogP contribution < -0.4 is 5.32 Å². The van der Waals surface area contributed by atoms with Crippen LogP contribution in [0.3, 0.4) is 0 Å². The zero-order valence-corrected chi connectivity index (χ0v) is 19.6. The Kier molecular flexibility index (Phi) is 11.4. The van der Waals surface area contributed by atoms with Crippen molar-refractivity contribution in [3.8, 4) is 11.3 Å². The number of para-hydroxylation sites is 1. The molecule has 10 heteroatoms. The average Bonchev–Trinajstić information content (AvgIpc) is 3.39. The zero-order chi connectivity index (χ0) is 22.5. The number of thiazole rings is 1. The van der Waals surface area contributed by atoms with Crippen molar-refractivity contribution in [1.82, 2.24) is 9.97 Å². The van der Waals surface area contributed by atoms with E-state index in [-0.39, 0.29) is 75.2 Å². The molecule has 0 bridgehead atoms. The molecule has 0 unspecified atom stereocenters. The summed E-state index contributed by atoms with van der Waals surface area (Å²) in [5.74, 6) is -0.717. The number of anilines is 1. The van der Waals surface area contributed by atoms with Crippen LogP contribution in [0, 0.1) is 0 Å². The second-order valence-electron chi connectivity index (χ2n) is 7.25. The molecule has 0 aliphatic carbocycles. The molecule has 0 atom stereocenters. The molecule has 0 saturated carbocycles. The summed E-state index contributed by atoms with van der Waals surface area (Å²) in [7, 11) is 0. The number of esters is 1. The van der Waals surface area contributed by atoms with Gasteiger partial charge >= 0.3 is 57.4 Å². The number of hydrogen-bond donors (Lipinski definition) is 2. The Balaban J connectivity index is 0.00000204. The van der Waals surface area contributed by atoms with Crippen LogP contribution in [0.15, 0.2) is 53.9 Å². The van der Waals surface area contributed by atoms with E-state index in [0.29, 0.717) is 33.7 Å². The Bertz CT molecular complexity index is 1270. The average molecular weight is 526 g/mol. The zero-order valence-electron chi connectivity index (χ0n) is 18.0. The minimum atomic E-state index is -0.363. The molecule has 0 aliphatic rings. The number of halogens is 1. The van der Waals surface area contributed by atoms with Crippen LogP contribution in [0.25, 0.3) is 22.2 Å². The van der Waals surface area contributed by atoms with E-state index in [1.807, 2.05) is 54.8 Å². The molecule has 0 spiro atoms. The van der Waals surface area contributed by atoms with Gasteiger partial charge in [0.1, 0.15) is 5.69 Å². The van der Waals surface area contributed by atoms with Gasteiger partial charge in [-0.1, -0.05) is 61.3 Å². The molecule has 0 saturated heterocycles. The number of rotatable bonds is 8. The second kappa shape index (κ2) is 13.5. The van der Waals surface area contributed by atoms with Crippen LogP contribution >= 0.6 is 22.9 Å². The first-order chi connectivity index (χ1) is 15.6. The Labute approximate surface area is 249 Å². The van der Waals surface area contributed by atoms with E-state index < -0.39 is 0 Å². The molecule has 4 aromatic rings. The van der Waals surface area contributed by atoms with Gasteiger partial charge in [-0.05, 0) is 18.6 Å². The van der Waals surface area contributed by atoms with Crippen molar-refractivity contribution in [2.24, 2.45) is 0 Å². The summed E-state index contributed by atoms with van der Waals surface area (Å²) >= 11 is 7.57. The molecule has 34 heavy (non-hydrogen) atoms. The van der Waals surface area contributed by atoms with Crippen molar-refractivity contribution in [2.75, 3.05) is 11.9 Å². The minimum absolute atomic E-state index is 0. The van der Waals surface area contributed by atoms with Crippen molar-refractivity contribution in [1.29, 1.82) is 0 Å². The fourth-order valence-electron chi connectivity index (χ4n) is 3.39. The number of hydrogen-bond acceptors (Lipinski definition) is 5. The fourth-order valence-corrected chi connectivity index (χ4v) is 4.32. The quantitative estimate of drug-likeness (QED) is 0.198. The molecule has 7 nitrogen and oxygen atoms in total. The first kappa shape index (κ1) is 28.7. The van der Waals surface area contributed by atoms with Gasteiger partial charge in [-0.15, -0.1) is 11.3 Å². The summed E-state index contributed by atoms with van der Waals surface area (Å²) in [5.41, 5.74) is 3.21. The number of aromatic nitrogens is 2. The van der Waals surface area contributed by atoms with Crippen LogP contribution in [-0.2, 0) is 16.0 Å². The third-order valence-electron chi connectivity index (χ3n) is 5.00. The number of carbonyl (C=O) groups is 2. The number of H-pyrrole nitrogens is 1. The Morgan fingerprint density at radius 1 is 1.15 bits per heavy atom. The number of ether oxygens (including phenoxy) is 1. The Morgan fingerprint density at radius 2 is 1.88 bits per heavy atom. The molecule has 1 amide bonds. The molecule has 0 fully saturated rings. The number of nitrogens with one attached hydrogen (secondary N) is 2. The molecule has 4 rings (SSSR count). The van der Waals surface area contributed by atoms with Gasteiger partial charge in [0, 0.05) is 32.4 Å². The molecule has 4 N–H and O–H groups in total. The van der Waals surface area contributed by atoms with Crippen LogP contribution in [-0.4, -0.2) is 85.3 Å². The Hall–Kier alpha value is -1.56. The molecule has 2 aromatic carbocycles. The first-order valence-electron chi connectivity index (χ1n) is 10.3. The van der Waals surface area contributed by atoms with Gasteiger partial charge in [0.05, 0.1) is 18.7 Å². The fraction of sp³-hybridized carbons (Fsp3) is 0.208. The summed E-state index contributed by atoms with van der Waals surface area (Å²) in [6.45, 7) is 2.41. The number of carbonyl (C=O) groups excluding carboxylic acids is 2. The molecule has 0 aliphatic heterocycles. The number of fused-ring (bicyclic) bond motifs is 1. The van der Waals surface area contributed by atoms with E-state index >= 15 is 0 Å². The van der Waals surface area contributed by atoms with Gasteiger partial charge < -0.3 is 15.2 Å². The van der Waals surface area contributed by atoms with Gasteiger partial charge in [-0.25, -0.2) is 4.98 Å². The van der Waals surface area contributed by atoms with E-state index in [0.717, 1.165) is 29.3 Å². The van der Waals surface area contributed by atoms with Crippen LogP contribution in [0.2, 0.25) is 5.02 Å². The van der Waals surface area contributed by atoms with E-state index in [4.69, 9.17) is 16.3 Å². The van der Waals surface area contributed by atoms with Crippen molar-refractivity contribution in [2.45, 2.75) is 26.2 Å². The third kappa shape index (κ3) is 6.77. The van der Waals surface area contributed by atoms with Crippen LogP contribution in [0.1, 0.15) is 35.8 Å². The first-order valence-corrected chi connectivity index (χ1v) is 11.6. The van der Waals surface area contributed by atoms with E-state index in [1.54, 1.807) is 6.07 Å². The third-order valence-corrected chi connectivity index (χ3v) is 6.08. The summed E-state index contributed by atoms with van der Waals surface area (Å²) in [6.07, 6.45) is 1.77. The van der Waals surface area contributed by atoms with E-state index in [2.05, 4.69) is 15.3 Å². The molecule has 0 radical (unpaired) electrons. The predicted octanol–water partition coefficient (Wildman–Crippen LogP) is 4.61. The number of nitrogens with zero attached hydrogens (tertiary/aromatic N) is 1. The van der Waals surface area contributed by atoms with E-state index in [9.17, 15) is 9.59 Å². The SMILES string of the molecule is CCCCOC(=O)Cc1c(C(=O)Nc2nc(-c3ccccc3Cl)cs2)[nH]c2ccccc12.O.[KH]. The van der Waals surface area contributed by atoms with E-state index in [1.165, 1.54) is 11.3 Å². The molecule has 2 aromatic heterocycles. The summed E-state index contributed by atoms with van der Waals surface area (Å²) in [4.78, 5) is 33.1. The normalized spacial score (nSPS) is 10.3. The van der Waals surface area contributed by atoms with Crippen molar-refractivity contribution in [3.05, 3.63) is 70.2 Å². The maximum atomic E-state index is 13.1. The van der Waals surface area contributed by atoms with Crippen LogP contribution in [0.4, 0.5) is 5.13 Å². The van der Waals surface area contributed by atoms with Gasteiger partial charge in [-0.3, -0.25) is 14.9 Å².